The third-order valence-corrected chi connectivity index (χ3v) is 5.39. The molecular weight excluding hydrogens is 372 g/mol. The van der Waals surface area contributed by atoms with Gasteiger partial charge in [-0.05, 0) is 25.0 Å². The summed E-state index contributed by atoms with van der Waals surface area (Å²) in [5.41, 5.74) is 2.01. The fourth-order valence-electron chi connectivity index (χ4n) is 4.10. The Labute approximate surface area is 171 Å². The first kappa shape index (κ1) is 20.5. The van der Waals surface area contributed by atoms with Gasteiger partial charge < -0.3 is 29.2 Å². The molecule has 2 saturated heterocycles. The molecule has 0 aliphatic carbocycles. The number of hydrogen-bond acceptors (Lipinski definition) is 6. The summed E-state index contributed by atoms with van der Waals surface area (Å²) in [6, 6.07) is 19.8. The molecular formula is C23H28O6. The molecule has 0 radical (unpaired) electrons. The number of rotatable bonds is 7. The molecule has 2 aromatic carbocycles. The second-order valence-electron chi connectivity index (χ2n) is 8.01. The zero-order valence-corrected chi connectivity index (χ0v) is 16.7. The van der Waals surface area contributed by atoms with Crippen LogP contribution in [0.15, 0.2) is 60.7 Å². The Morgan fingerprint density at radius 2 is 1.52 bits per heavy atom. The molecule has 0 bridgehead atoms. The SMILES string of the molecule is CC1(C)O[C@@H]2[C@H](O1)[C@@H]([C@H](OCc1ccccc1)c1ccccc1)O[C@@H]2[C@H](O)CO. The van der Waals surface area contributed by atoms with Gasteiger partial charge in [-0.15, -0.1) is 0 Å². The van der Waals surface area contributed by atoms with Gasteiger partial charge in [0.05, 0.1) is 13.2 Å². The Bertz CT molecular complexity index is 780. The van der Waals surface area contributed by atoms with Crippen LogP contribution in [0.2, 0.25) is 0 Å². The topological polar surface area (TPSA) is 77.4 Å². The molecule has 4 rings (SSSR count). The summed E-state index contributed by atoms with van der Waals surface area (Å²) in [7, 11) is 0. The largest absolute Gasteiger partial charge is 0.394 e. The van der Waals surface area contributed by atoms with E-state index in [1.165, 1.54) is 0 Å². The monoisotopic (exact) mass is 400 g/mol. The highest BCUT2D eigenvalue weighted by Gasteiger charge is 2.59. The van der Waals surface area contributed by atoms with Gasteiger partial charge in [0.1, 0.15) is 36.6 Å². The zero-order valence-electron chi connectivity index (χ0n) is 16.7. The quantitative estimate of drug-likeness (QED) is 0.744. The Kier molecular flexibility index (Phi) is 6.01. The maximum Gasteiger partial charge on any atom is 0.164 e. The van der Waals surface area contributed by atoms with Gasteiger partial charge in [0.25, 0.3) is 0 Å². The predicted molar refractivity (Wildman–Crippen MR) is 106 cm³/mol. The second-order valence-corrected chi connectivity index (χ2v) is 8.01. The Balaban J connectivity index is 1.62. The third-order valence-electron chi connectivity index (χ3n) is 5.39. The number of aliphatic hydroxyl groups is 2. The Morgan fingerprint density at radius 1 is 0.931 bits per heavy atom. The zero-order chi connectivity index (χ0) is 20.4. The molecule has 29 heavy (non-hydrogen) atoms. The molecule has 6 heteroatoms. The normalized spacial score (nSPS) is 30.1. The molecule has 2 heterocycles. The summed E-state index contributed by atoms with van der Waals surface area (Å²) in [6.07, 6.45) is -3.56. The van der Waals surface area contributed by atoms with Crippen LogP contribution in [0.1, 0.15) is 31.1 Å². The Morgan fingerprint density at radius 3 is 2.14 bits per heavy atom. The minimum absolute atomic E-state index is 0.411. The van der Waals surface area contributed by atoms with Crippen LogP contribution in [0.25, 0.3) is 0 Å². The summed E-state index contributed by atoms with van der Waals surface area (Å²) >= 11 is 0. The summed E-state index contributed by atoms with van der Waals surface area (Å²) in [4.78, 5) is 0. The van der Waals surface area contributed by atoms with E-state index in [4.69, 9.17) is 18.9 Å². The van der Waals surface area contributed by atoms with Gasteiger partial charge in [0.2, 0.25) is 0 Å². The number of benzene rings is 2. The van der Waals surface area contributed by atoms with E-state index in [1.54, 1.807) is 0 Å². The van der Waals surface area contributed by atoms with Crippen LogP contribution >= 0.6 is 0 Å². The van der Waals surface area contributed by atoms with Crippen molar-refractivity contribution in [3.63, 3.8) is 0 Å². The van der Waals surface area contributed by atoms with E-state index < -0.39 is 49.0 Å². The van der Waals surface area contributed by atoms with E-state index in [-0.39, 0.29) is 0 Å². The van der Waals surface area contributed by atoms with Crippen molar-refractivity contribution in [2.75, 3.05) is 6.61 Å². The third kappa shape index (κ3) is 4.38. The molecule has 2 aliphatic rings. The van der Waals surface area contributed by atoms with Gasteiger partial charge in [-0.25, -0.2) is 0 Å². The van der Waals surface area contributed by atoms with Gasteiger partial charge in [-0.3, -0.25) is 0 Å². The lowest BCUT2D eigenvalue weighted by Crippen LogP contribution is -2.40. The standard InChI is InChI=1S/C23H28O6/c1-23(2)28-21-19(17(25)13-24)27-20(22(21)29-23)18(16-11-7-4-8-12-16)26-14-15-9-5-3-6-10-15/h3-12,17-22,24-25H,13-14H2,1-2H3/t17-,18-,19-,20-,21+,22-/m1/s1. The van der Waals surface area contributed by atoms with Crippen molar-refractivity contribution < 1.29 is 29.2 Å². The molecule has 2 N–H and O–H groups in total. The second kappa shape index (κ2) is 8.52. The molecule has 6 atom stereocenters. The lowest BCUT2D eigenvalue weighted by atomic mass is 9.97. The number of hydrogen-bond donors (Lipinski definition) is 2. The predicted octanol–water partition coefficient (Wildman–Crippen LogP) is 2.59. The molecule has 2 aromatic rings. The first-order valence-corrected chi connectivity index (χ1v) is 9.99. The van der Waals surface area contributed by atoms with E-state index in [2.05, 4.69) is 0 Å². The molecule has 0 unspecified atom stereocenters. The number of ether oxygens (including phenoxy) is 4. The Hall–Kier alpha value is -1.80. The van der Waals surface area contributed by atoms with Crippen molar-refractivity contribution in [2.24, 2.45) is 0 Å². The molecule has 2 aliphatic heterocycles. The first-order valence-electron chi connectivity index (χ1n) is 9.99. The minimum atomic E-state index is -1.06. The van der Waals surface area contributed by atoms with Crippen LogP contribution in [-0.4, -0.2) is 53.1 Å². The lowest BCUT2D eigenvalue weighted by Gasteiger charge is -2.30. The van der Waals surface area contributed by atoms with Crippen molar-refractivity contribution in [1.29, 1.82) is 0 Å². The fourth-order valence-corrected chi connectivity index (χ4v) is 4.10. The summed E-state index contributed by atoms with van der Waals surface area (Å²) in [5, 5.41) is 19.8. The van der Waals surface area contributed by atoms with Crippen LogP contribution in [0.5, 0.6) is 0 Å². The average molecular weight is 400 g/mol. The van der Waals surface area contributed by atoms with Gasteiger partial charge in [-0.1, -0.05) is 60.7 Å². The highest BCUT2D eigenvalue weighted by atomic mass is 16.8. The molecule has 0 saturated carbocycles. The highest BCUT2D eigenvalue weighted by molar-refractivity contribution is 5.21. The molecule has 0 spiro atoms. The molecule has 6 nitrogen and oxygen atoms in total. The summed E-state index contributed by atoms with van der Waals surface area (Å²) < 4.78 is 24.7. The highest BCUT2D eigenvalue weighted by Crippen LogP contribution is 2.44. The lowest BCUT2D eigenvalue weighted by molar-refractivity contribution is -0.214. The van der Waals surface area contributed by atoms with Crippen molar-refractivity contribution in [1.82, 2.24) is 0 Å². The van der Waals surface area contributed by atoms with Crippen LogP contribution in [-0.2, 0) is 25.6 Å². The van der Waals surface area contributed by atoms with Crippen molar-refractivity contribution in [3.8, 4) is 0 Å². The van der Waals surface area contributed by atoms with E-state index >= 15 is 0 Å². The van der Waals surface area contributed by atoms with Crippen LogP contribution < -0.4 is 0 Å². The molecule has 0 amide bonds. The minimum Gasteiger partial charge on any atom is -0.394 e. The van der Waals surface area contributed by atoms with E-state index in [9.17, 15) is 10.2 Å². The van der Waals surface area contributed by atoms with E-state index in [1.807, 2.05) is 74.5 Å². The number of aliphatic hydroxyl groups excluding tert-OH is 2. The maximum absolute atomic E-state index is 10.3. The van der Waals surface area contributed by atoms with Crippen molar-refractivity contribution >= 4 is 0 Å². The molecule has 0 aromatic heterocycles. The number of fused-ring (bicyclic) bond motifs is 1. The summed E-state index contributed by atoms with van der Waals surface area (Å²) in [6.45, 7) is 3.68. The molecule has 2 fully saturated rings. The van der Waals surface area contributed by atoms with Gasteiger partial charge in [0.15, 0.2) is 5.79 Å². The van der Waals surface area contributed by atoms with Crippen molar-refractivity contribution in [2.45, 2.75) is 62.9 Å². The van der Waals surface area contributed by atoms with Crippen LogP contribution in [0.3, 0.4) is 0 Å². The molecule has 156 valence electrons. The van der Waals surface area contributed by atoms with Gasteiger partial charge in [-0.2, -0.15) is 0 Å². The van der Waals surface area contributed by atoms with Crippen LogP contribution in [0.4, 0.5) is 0 Å². The smallest absolute Gasteiger partial charge is 0.164 e. The van der Waals surface area contributed by atoms with Crippen molar-refractivity contribution in [3.05, 3.63) is 71.8 Å². The van der Waals surface area contributed by atoms with Crippen LogP contribution in [0, 0.1) is 0 Å². The van der Waals surface area contributed by atoms with E-state index in [0.29, 0.717) is 6.61 Å². The maximum atomic E-state index is 10.3. The van der Waals surface area contributed by atoms with E-state index in [0.717, 1.165) is 11.1 Å². The first-order chi connectivity index (χ1) is 14.0. The van der Waals surface area contributed by atoms with Gasteiger partial charge in [0, 0.05) is 0 Å². The fraction of sp³-hybridized carbons (Fsp3) is 0.478. The summed E-state index contributed by atoms with van der Waals surface area (Å²) in [5.74, 6) is -0.800. The van der Waals surface area contributed by atoms with Gasteiger partial charge >= 0.3 is 0 Å². The average Bonchev–Trinajstić information content (AvgIpc) is 3.22.